The Labute approximate surface area is 228 Å². The summed E-state index contributed by atoms with van der Waals surface area (Å²) in [5.74, 6) is 3.37. The fourth-order valence-electron chi connectivity index (χ4n) is 5.37. The molecule has 0 bridgehead atoms. The lowest BCUT2D eigenvalue weighted by Crippen LogP contribution is -2.38. The second kappa shape index (κ2) is 18.4. The first-order chi connectivity index (χ1) is 17.4. The first kappa shape index (κ1) is 31.3. The Bertz CT molecular complexity index is 750. The summed E-state index contributed by atoms with van der Waals surface area (Å²) >= 11 is 6.04. The number of amides is 1. The van der Waals surface area contributed by atoms with E-state index in [1.165, 1.54) is 50.5 Å². The monoisotopic (exact) mass is 538 g/mol. The molecule has 206 valence electrons. The van der Waals surface area contributed by atoms with Crippen LogP contribution in [0.5, 0.6) is 0 Å². The molecule has 0 radical (unpaired) electrons. The molecule has 1 aliphatic rings. The molecule has 1 aliphatic carbocycles. The number of carbonyl (C=O) groups is 1. The summed E-state index contributed by atoms with van der Waals surface area (Å²) in [6, 6.07) is 8.25. The molecule has 0 heterocycles. The van der Waals surface area contributed by atoms with Gasteiger partial charge in [-0.15, -0.1) is 0 Å². The van der Waals surface area contributed by atoms with Gasteiger partial charge in [0.1, 0.15) is 0 Å². The van der Waals surface area contributed by atoms with E-state index in [0.717, 1.165) is 48.9 Å². The largest absolute Gasteiger partial charge is 0.353 e. The Balaban J connectivity index is 1.79. The van der Waals surface area contributed by atoms with E-state index in [2.05, 4.69) is 43.5 Å². The van der Waals surface area contributed by atoms with Gasteiger partial charge in [-0.25, -0.2) is 0 Å². The number of halogens is 1. The second-order valence-corrected chi connectivity index (χ2v) is 13.3. The van der Waals surface area contributed by atoms with Crippen molar-refractivity contribution < 1.29 is 9.00 Å². The Morgan fingerprint density at radius 1 is 1.11 bits per heavy atom. The molecule has 1 unspecified atom stereocenters. The Kier molecular flexibility index (Phi) is 16.0. The first-order valence-electron chi connectivity index (χ1n) is 14.4. The van der Waals surface area contributed by atoms with E-state index in [9.17, 15) is 9.00 Å². The number of carbonyl (C=O) groups excluding carboxylic acids is 1. The van der Waals surface area contributed by atoms with Gasteiger partial charge in [-0.2, -0.15) is 0 Å². The first-order valence-corrected chi connectivity index (χ1v) is 16.3. The van der Waals surface area contributed by atoms with E-state index < -0.39 is 10.8 Å². The molecule has 1 aromatic rings. The van der Waals surface area contributed by atoms with Crippen molar-refractivity contribution in [3.05, 3.63) is 34.9 Å². The number of benzene rings is 1. The van der Waals surface area contributed by atoms with Crippen LogP contribution in [0.25, 0.3) is 0 Å². The van der Waals surface area contributed by atoms with Crippen molar-refractivity contribution in [2.24, 2.45) is 17.8 Å². The van der Waals surface area contributed by atoms with Gasteiger partial charge in [-0.3, -0.25) is 9.00 Å². The maximum absolute atomic E-state index is 12.8. The van der Waals surface area contributed by atoms with Gasteiger partial charge in [0.25, 0.3) is 0 Å². The van der Waals surface area contributed by atoms with E-state index in [0.29, 0.717) is 30.7 Å². The highest BCUT2D eigenvalue weighted by molar-refractivity contribution is 7.84. The molecular weight excluding hydrogens is 488 g/mol. The van der Waals surface area contributed by atoms with Crippen LogP contribution in [0.15, 0.2) is 24.3 Å². The summed E-state index contributed by atoms with van der Waals surface area (Å²) in [5.41, 5.74) is 1.21. The van der Waals surface area contributed by atoms with E-state index in [1.807, 2.05) is 12.1 Å². The Morgan fingerprint density at radius 3 is 2.50 bits per heavy atom. The van der Waals surface area contributed by atoms with Crippen LogP contribution >= 0.6 is 11.6 Å². The molecule has 36 heavy (non-hydrogen) atoms. The van der Waals surface area contributed by atoms with Gasteiger partial charge in [0.2, 0.25) is 5.91 Å². The van der Waals surface area contributed by atoms with E-state index in [1.54, 1.807) is 0 Å². The zero-order chi connectivity index (χ0) is 26.2. The molecule has 4 nitrogen and oxygen atoms in total. The summed E-state index contributed by atoms with van der Waals surface area (Å²) in [7, 11) is -0.806. The van der Waals surface area contributed by atoms with Crippen molar-refractivity contribution in [1.29, 1.82) is 0 Å². The van der Waals surface area contributed by atoms with Crippen LogP contribution in [0.1, 0.15) is 97.0 Å². The summed E-state index contributed by atoms with van der Waals surface area (Å²) in [4.78, 5) is 12.8. The molecule has 2 N–H and O–H groups in total. The highest BCUT2D eigenvalue weighted by Gasteiger charge is 2.21. The normalized spacial score (nSPS) is 17.1. The van der Waals surface area contributed by atoms with E-state index >= 15 is 0 Å². The minimum atomic E-state index is -0.806. The highest BCUT2D eigenvalue weighted by atomic mass is 35.5. The van der Waals surface area contributed by atoms with Crippen molar-refractivity contribution >= 4 is 28.3 Å². The van der Waals surface area contributed by atoms with Crippen LogP contribution in [-0.4, -0.2) is 40.8 Å². The van der Waals surface area contributed by atoms with Crippen molar-refractivity contribution in [2.45, 2.75) is 104 Å². The standard InChI is InChI=1S/C30H51ClN2O2S/c1-4-19-36(35)23-27(20-26-13-15-28(31)16-14-26)22-32-18-17-30(34)33-29(12-8-9-24(2)3)21-25-10-6-5-7-11-25/h13-16,24-25,27,29,32H,4-12,17-23H2,1-3H3,(H,33,34)/t27-,29+,36?/m0/s1. The average molecular weight is 539 g/mol. The lowest BCUT2D eigenvalue weighted by atomic mass is 9.83. The van der Waals surface area contributed by atoms with Crippen LogP contribution in [0.2, 0.25) is 5.02 Å². The van der Waals surface area contributed by atoms with Gasteiger partial charge in [-0.05, 0) is 67.7 Å². The van der Waals surface area contributed by atoms with Gasteiger partial charge < -0.3 is 10.6 Å². The molecule has 0 aromatic heterocycles. The number of nitrogens with one attached hydrogen (secondary N) is 2. The van der Waals surface area contributed by atoms with E-state index in [-0.39, 0.29) is 11.8 Å². The quantitative estimate of drug-likeness (QED) is 0.199. The SMILES string of the molecule is CCCS(=O)C[C@H](CNCCC(=O)N[C@H](CCCC(C)C)CC1CCCCC1)Cc1ccc(Cl)cc1. The maximum Gasteiger partial charge on any atom is 0.221 e. The molecule has 0 aliphatic heterocycles. The van der Waals surface area contributed by atoms with E-state index in [4.69, 9.17) is 11.6 Å². The third-order valence-corrected chi connectivity index (χ3v) is 9.25. The third kappa shape index (κ3) is 14.1. The summed E-state index contributed by atoms with van der Waals surface area (Å²) in [6.07, 6.45) is 13.7. The van der Waals surface area contributed by atoms with Crippen LogP contribution in [0.4, 0.5) is 0 Å². The second-order valence-electron chi connectivity index (χ2n) is 11.3. The number of hydrogen-bond donors (Lipinski definition) is 2. The molecular formula is C30H51ClN2O2S. The minimum absolute atomic E-state index is 0.164. The molecule has 6 heteroatoms. The van der Waals surface area contributed by atoms with Crippen LogP contribution in [0.3, 0.4) is 0 Å². The van der Waals surface area contributed by atoms with Gasteiger partial charge >= 0.3 is 0 Å². The zero-order valence-corrected chi connectivity index (χ0v) is 24.6. The Hall–Kier alpha value is -0.910. The van der Waals surface area contributed by atoms with Gasteiger partial charge in [0, 0.05) is 46.3 Å². The predicted octanol–water partition coefficient (Wildman–Crippen LogP) is 6.92. The van der Waals surface area contributed by atoms with Crippen molar-refractivity contribution in [1.82, 2.24) is 10.6 Å². The van der Waals surface area contributed by atoms with Crippen LogP contribution in [-0.2, 0) is 22.0 Å². The summed E-state index contributed by atoms with van der Waals surface area (Å²) in [6.45, 7) is 8.06. The Morgan fingerprint density at radius 2 is 1.83 bits per heavy atom. The summed E-state index contributed by atoms with van der Waals surface area (Å²) in [5, 5.41) is 7.60. The molecule has 2 rings (SSSR count). The molecule has 1 fully saturated rings. The van der Waals surface area contributed by atoms with Crippen LogP contribution < -0.4 is 10.6 Å². The number of rotatable bonds is 18. The molecule has 1 amide bonds. The topological polar surface area (TPSA) is 58.2 Å². The van der Waals surface area contributed by atoms with Crippen molar-refractivity contribution in [2.75, 3.05) is 24.6 Å². The minimum Gasteiger partial charge on any atom is -0.353 e. The molecule has 1 saturated carbocycles. The van der Waals surface area contributed by atoms with Gasteiger partial charge in [-0.1, -0.05) is 89.5 Å². The summed E-state index contributed by atoms with van der Waals surface area (Å²) < 4.78 is 12.4. The molecule has 1 aromatic carbocycles. The maximum atomic E-state index is 12.8. The molecule has 3 atom stereocenters. The third-order valence-electron chi connectivity index (χ3n) is 7.29. The lowest BCUT2D eigenvalue weighted by molar-refractivity contribution is -0.121. The van der Waals surface area contributed by atoms with Crippen molar-refractivity contribution in [3.8, 4) is 0 Å². The number of hydrogen-bond acceptors (Lipinski definition) is 3. The molecule has 0 saturated heterocycles. The predicted molar refractivity (Wildman–Crippen MR) is 156 cm³/mol. The highest BCUT2D eigenvalue weighted by Crippen LogP contribution is 2.28. The average Bonchev–Trinajstić information content (AvgIpc) is 2.83. The fourth-order valence-corrected chi connectivity index (χ4v) is 6.88. The lowest BCUT2D eigenvalue weighted by Gasteiger charge is -2.27. The fraction of sp³-hybridized carbons (Fsp3) is 0.767. The smallest absolute Gasteiger partial charge is 0.221 e. The molecule has 0 spiro atoms. The zero-order valence-electron chi connectivity index (χ0n) is 23.0. The van der Waals surface area contributed by atoms with Gasteiger partial charge in [0.05, 0.1) is 0 Å². The van der Waals surface area contributed by atoms with Crippen molar-refractivity contribution in [3.63, 3.8) is 0 Å². The van der Waals surface area contributed by atoms with Gasteiger partial charge in [0.15, 0.2) is 0 Å². The van der Waals surface area contributed by atoms with Crippen LogP contribution in [0, 0.1) is 17.8 Å².